The summed E-state index contributed by atoms with van der Waals surface area (Å²) in [5, 5.41) is 5.59. The fourth-order valence-electron chi connectivity index (χ4n) is 4.19. The van der Waals surface area contributed by atoms with Gasteiger partial charge in [-0.05, 0) is 44.5 Å². The molecule has 1 aromatic carbocycles. The molecule has 4 rings (SSSR count). The fraction of sp³-hybridized carbons (Fsp3) is 0.455. The molecule has 0 radical (unpaired) electrons. The third kappa shape index (κ3) is 3.83. The van der Waals surface area contributed by atoms with Gasteiger partial charge in [0, 0.05) is 56.0 Å². The van der Waals surface area contributed by atoms with Gasteiger partial charge in [0.25, 0.3) is 0 Å². The van der Waals surface area contributed by atoms with Crippen LogP contribution >= 0.6 is 0 Å². The monoisotopic (exact) mass is 379 g/mol. The Balaban J connectivity index is 1.53. The van der Waals surface area contributed by atoms with E-state index in [4.69, 9.17) is 0 Å². The number of aryl methyl sites for hydroxylation is 1. The average molecular weight is 380 g/mol. The van der Waals surface area contributed by atoms with Gasteiger partial charge in [-0.1, -0.05) is 18.2 Å². The Morgan fingerprint density at radius 3 is 2.71 bits per heavy atom. The topological polar surface area (TPSA) is 46.3 Å². The summed E-state index contributed by atoms with van der Waals surface area (Å²) in [6, 6.07) is 10.5. The van der Waals surface area contributed by atoms with Crippen LogP contribution in [0.25, 0.3) is 10.9 Å². The van der Waals surface area contributed by atoms with Crippen molar-refractivity contribution in [1.82, 2.24) is 24.1 Å². The van der Waals surface area contributed by atoms with Gasteiger partial charge < -0.3 is 9.47 Å². The highest BCUT2D eigenvalue weighted by molar-refractivity contribution is 5.86. The van der Waals surface area contributed by atoms with E-state index in [9.17, 15) is 4.79 Å². The summed E-state index contributed by atoms with van der Waals surface area (Å²) < 4.78 is 4.16. The van der Waals surface area contributed by atoms with E-state index in [1.54, 1.807) is 0 Å². The number of hydrogen-bond acceptors (Lipinski definition) is 3. The van der Waals surface area contributed by atoms with E-state index in [2.05, 4.69) is 59.0 Å². The number of para-hydroxylation sites is 1. The number of rotatable bonds is 7. The predicted octanol–water partition coefficient (Wildman–Crippen LogP) is 3.11. The fourth-order valence-corrected chi connectivity index (χ4v) is 4.19. The zero-order valence-electron chi connectivity index (χ0n) is 16.8. The van der Waals surface area contributed by atoms with E-state index in [1.165, 1.54) is 16.6 Å². The molecule has 0 spiro atoms. The van der Waals surface area contributed by atoms with Gasteiger partial charge in [-0.3, -0.25) is 14.4 Å². The maximum Gasteiger partial charge on any atom is 0.242 e. The maximum absolute atomic E-state index is 12.7. The number of hydrogen-bond donors (Lipinski definition) is 0. The van der Waals surface area contributed by atoms with Crippen molar-refractivity contribution >= 4 is 16.8 Å². The van der Waals surface area contributed by atoms with E-state index >= 15 is 0 Å². The first-order valence-corrected chi connectivity index (χ1v) is 10.2. The number of nitrogens with zero attached hydrogens (tertiary/aromatic N) is 5. The number of likely N-dealkylation sites (tertiary alicyclic amines) is 1. The van der Waals surface area contributed by atoms with Gasteiger partial charge in [0.1, 0.15) is 6.54 Å². The number of carbonyl (C=O) groups excluding carboxylic acids is 1. The van der Waals surface area contributed by atoms with Gasteiger partial charge in [0.05, 0.1) is 5.69 Å². The molecule has 1 fully saturated rings. The second-order valence-electron chi connectivity index (χ2n) is 7.70. The average Bonchev–Trinajstić information content (AvgIpc) is 3.43. The molecule has 6 heteroatoms. The van der Waals surface area contributed by atoms with E-state index < -0.39 is 0 Å². The lowest BCUT2D eigenvalue weighted by atomic mass is 10.1. The molecule has 2 aromatic heterocycles. The zero-order chi connectivity index (χ0) is 19.5. The van der Waals surface area contributed by atoms with Crippen molar-refractivity contribution in [2.75, 3.05) is 20.1 Å². The molecule has 6 nitrogen and oxygen atoms in total. The third-order valence-corrected chi connectivity index (χ3v) is 5.61. The van der Waals surface area contributed by atoms with Crippen LogP contribution in [0.1, 0.15) is 31.0 Å². The Kier molecular flexibility index (Phi) is 5.48. The van der Waals surface area contributed by atoms with E-state index in [-0.39, 0.29) is 5.91 Å². The first-order chi connectivity index (χ1) is 13.7. The highest BCUT2D eigenvalue weighted by Gasteiger charge is 2.19. The Hall–Kier alpha value is -2.60. The number of amides is 1. The van der Waals surface area contributed by atoms with Crippen LogP contribution in [0.15, 0.2) is 42.7 Å². The number of carbonyl (C=O) groups is 1. The summed E-state index contributed by atoms with van der Waals surface area (Å²) in [4.78, 5) is 17.0. The van der Waals surface area contributed by atoms with Crippen LogP contribution in [-0.2, 0) is 31.0 Å². The molecule has 1 aliphatic heterocycles. The lowest BCUT2D eigenvalue weighted by Crippen LogP contribution is -2.30. The van der Waals surface area contributed by atoms with Gasteiger partial charge >= 0.3 is 0 Å². The normalized spacial score (nSPS) is 14.5. The molecule has 3 heterocycles. The van der Waals surface area contributed by atoms with Crippen molar-refractivity contribution in [3.63, 3.8) is 0 Å². The van der Waals surface area contributed by atoms with E-state index in [0.29, 0.717) is 6.54 Å². The molecule has 0 aliphatic carbocycles. The number of fused-ring (bicyclic) bond motifs is 1. The summed E-state index contributed by atoms with van der Waals surface area (Å²) >= 11 is 0. The molecule has 0 N–H and O–H groups in total. The SMILES string of the molecule is CCn1nccc1CN(C)Cc1cn(CC(=O)N2CCCC2)c2ccccc12. The first kappa shape index (κ1) is 18.7. The molecule has 148 valence electrons. The summed E-state index contributed by atoms with van der Waals surface area (Å²) in [6.07, 6.45) is 6.28. The van der Waals surface area contributed by atoms with Gasteiger partial charge in [-0.2, -0.15) is 5.10 Å². The van der Waals surface area contributed by atoms with Crippen molar-refractivity contribution in [2.24, 2.45) is 0 Å². The molecule has 0 atom stereocenters. The number of benzene rings is 1. The van der Waals surface area contributed by atoms with Gasteiger partial charge in [0.2, 0.25) is 5.91 Å². The van der Waals surface area contributed by atoms with Gasteiger partial charge in [-0.15, -0.1) is 0 Å². The second-order valence-corrected chi connectivity index (χ2v) is 7.70. The molecular weight excluding hydrogens is 350 g/mol. The summed E-state index contributed by atoms with van der Waals surface area (Å²) in [7, 11) is 2.13. The molecule has 1 amide bonds. The minimum Gasteiger partial charge on any atom is -0.341 e. The molecule has 1 aliphatic rings. The van der Waals surface area contributed by atoms with E-state index in [1.807, 2.05) is 21.8 Å². The standard InChI is InChI=1S/C22H29N5O/c1-3-27-19(10-11-23-27)16-24(2)14-18-15-26(21-9-5-4-8-20(18)21)17-22(28)25-12-6-7-13-25/h4-5,8-11,15H,3,6-7,12-14,16-17H2,1-2H3. The lowest BCUT2D eigenvalue weighted by Gasteiger charge is -2.17. The van der Waals surface area contributed by atoms with Crippen LogP contribution in [-0.4, -0.2) is 50.2 Å². The predicted molar refractivity (Wildman–Crippen MR) is 111 cm³/mol. The lowest BCUT2D eigenvalue weighted by molar-refractivity contribution is -0.130. The van der Waals surface area contributed by atoms with Crippen molar-refractivity contribution in [1.29, 1.82) is 0 Å². The van der Waals surface area contributed by atoms with Crippen molar-refractivity contribution in [3.05, 3.63) is 54.0 Å². The quantitative estimate of drug-likeness (QED) is 0.634. The van der Waals surface area contributed by atoms with Crippen LogP contribution in [0.2, 0.25) is 0 Å². The molecule has 1 saturated heterocycles. The van der Waals surface area contributed by atoms with Gasteiger partial charge in [-0.25, -0.2) is 0 Å². The minimum atomic E-state index is 0.227. The molecule has 0 saturated carbocycles. The molecule has 28 heavy (non-hydrogen) atoms. The molecule has 3 aromatic rings. The van der Waals surface area contributed by atoms with Crippen LogP contribution in [0.4, 0.5) is 0 Å². The van der Waals surface area contributed by atoms with Crippen molar-refractivity contribution < 1.29 is 4.79 Å². The maximum atomic E-state index is 12.7. The van der Waals surface area contributed by atoms with Crippen molar-refractivity contribution in [3.8, 4) is 0 Å². The van der Waals surface area contributed by atoms with Crippen LogP contribution in [0, 0.1) is 0 Å². The van der Waals surface area contributed by atoms with Crippen LogP contribution in [0.3, 0.4) is 0 Å². The summed E-state index contributed by atoms with van der Waals surface area (Å²) in [5.41, 5.74) is 3.62. The van der Waals surface area contributed by atoms with E-state index in [0.717, 1.165) is 51.1 Å². The highest BCUT2D eigenvalue weighted by Crippen LogP contribution is 2.23. The molecule has 0 unspecified atom stereocenters. The smallest absolute Gasteiger partial charge is 0.242 e. The summed E-state index contributed by atoms with van der Waals surface area (Å²) in [5.74, 6) is 0.227. The number of aromatic nitrogens is 3. The Bertz CT molecular complexity index is 951. The highest BCUT2D eigenvalue weighted by atomic mass is 16.2. The largest absolute Gasteiger partial charge is 0.341 e. The molecular formula is C22H29N5O. The second kappa shape index (κ2) is 8.19. The Morgan fingerprint density at radius 2 is 1.93 bits per heavy atom. The Morgan fingerprint density at radius 1 is 1.14 bits per heavy atom. The van der Waals surface area contributed by atoms with Gasteiger partial charge in [0.15, 0.2) is 0 Å². The minimum absolute atomic E-state index is 0.227. The molecule has 0 bridgehead atoms. The van der Waals surface area contributed by atoms with Crippen molar-refractivity contribution in [2.45, 2.75) is 45.9 Å². The third-order valence-electron chi connectivity index (χ3n) is 5.61. The zero-order valence-corrected chi connectivity index (χ0v) is 16.8. The Labute approximate surface area is 166 Å². The summed E-state index contributed by atoms with van der Waals surface area (Å²) in [6.45, 7) is 6.90. The first-order valence-electron chi connectivity index (χ1n) is 10.2. The van der Waals surface area contributed by atoms with Crippen LogP contribution in [0.5, 0.6) is 0 Å². The van der Waals surface area contributed by atoms with Crippen LogP contribution < -0.4 is 0 Å².